The molecule has 21 heavy (non-hydrogen) atoms. The van der Waals surface area contributed by atoms with Crippen molar-refractivity contribution in [3.8, 4) is 0 Å². The standard InChI is InChI=1S/C15H17BrN2O2S/c1-10-3-8-14(16)15(9-10)18-21(19,20)13-6-4-12(5-7-13)11(2)17/h3-9,11,18H,17H2,1-2H3. The first kappa shape index (κ1) is 16.0. The fraction of sp³-hybridized carbons (Fsp3) is 0.200. The van der Waals surface area contributed by atoms with Crippen molar-refractivity contribution in [2.75, 3.05) is 4.72 Å². The van der Waals surface area contributed by atoms with E-state index in [1.165, 1.54) is 0 Å². The summed E-state index contributed by atoms with van der Waals surface area (Å²) in [5, 5.41) is 0. The normalized spacial score (nSPS) is 13.0. The van der Waals surface area contributed by atoms with Crippen LogP contribution in [0.3, 0.4) is 0 Å². The number of nitrogens with one attached hydrogen (secondary N) is 1. The Morgan fingerprint density at radius 1 is 1.14 bits per heavy atom. The van der Waals surface area contributed by atoms with Crippen molar-refractivity contribution in [3.63, 3.8) is 0 Å². The Morgan fingerprint density at radius 2 is 1.76 bits per heavy atom. The highest BCUT2D eigenvalue weighted by Gasteiger charge is 2.16. The number of aryl methyl sites for hydroxylation is 1. The molecule has 6 heteroatoms. The van der Waals surface area contributed by atoms with Gasteiger partial charge < -0.3 is 5.73 Å². The van der Waals surface area contributed by atoms with Gasteiger partial charge in [0, 0.05) is 10.5 Å². The molecule has 0 amide bonds. The second-order valence-corrected chi connectivity index (χ2v) is 7.48. The lowest BCUT2D eigenvalue weighted by Crippen LogP contribution is -2.14. The number of halogens is 1. The van der Waals surface area contributed by atoms with Crippen LogP contribution in [0.4, 0.5) is 5.69 Å². The van der Waals surface area contributed by atoms with Gasteiger partial charge in [-0.2, -0.15) is 0 Å². The predicted molar refractivity (Wildman–Crippen MR) is 88.7 cm³/mol. The van der Waals surface area contributed by atoms with Crippen LogP contribution in [0.2, 0.25) is 0 Å². The second-order valence-electron chi connectivity index (χ2n) is 4.95. The Labute approximate surface area is 133 Å². The Balaban J connectivity index is 2.31. The number of hydrogen-bond acceptors (Lipinski definition) is 3. The molecule has 0 fully saturated rings. The molecule has 0 aliphatic carbocycles. The number of sulfonamides is 1. The molecule has 0 aliphatic rings. The van der Waals surface area contributed by atoms with Crippen molar-refractivity contribution in [2.24, 2.45) is 5.73 Å². The summed E-state index contributed by atoms with van der Waals surface area (Å²) < 4.78 is 28.1. The van der Waals surface area contributed by atoms with Crippen LogP contribution in [-0.4, -0.2) is 8.42 Å². The fourth-order valence-electron chi connectivity index (χ4n) is 1.87. The van der Waals surface area contributed by atoms with Crippen LogP contribution in [-0.2, 0) is 10.0 Å². The largest absolute Gasteiger partial charge is 0.324 e. The Morgan fingerprint density at radius 3 is 2.33 bits per heavy atom. The van der Waals surface area contributed by atoms with Crippen LogP contribution >= 0.6 is 15.9 Å². The Bertz CT molecular complexity index is 741. The summed E-state index contributed by atoms with van der Waals surface area (Å²) >= 11 is 3.34. The van der Waals surface area contributed by atoms with Crippen LogP contribution in [0.1, 0.15) is 24.1 Å². The quantitative estimate of drug-likeness (QED) is 0.865. The van der Waals surface area contributed by atoms with Crippen LogP contribution in [0.25, 0.3) is 0 Å². The molecule has 2 rings (SSSR count). The average Bonchev–Trinajstić information content (AvgIpc) is 2.43. The predicted octanol–water partition coefficient (Wildman–Crippen LogP) is 3.58. The van der Waals surface area contributed by atoms with E-state index in [0.717, 1.165) is 11.1 Å². The Hall–Kier alpha value is -1.37. The molecule has 1 unspecified atom stereocenters. The minimum atomic E-state index is -3.62. The zero-order chi connectivity index (χ0) is 15.6. The highest BCUT2D eigenvalue weighted by molar-refractivity contribution is 9.10. The Kier molecular flexibility index (Phi) is 4.70. The van der Waals surface area contributed by atoms with E-state index in [0.29, 0.717) is 10.2 Å². The maximum absolute atomic E-state index is 12.4. The van der Waals surface area contributed by atoms with Crippen LogP contribution in [0, 0.1) is 6.92 Å². The van der Waals surface area contributed by atoms with Crippen molar-refractivity contribution in [1.29, 1.82) is 0 Å². The number of hydrogen-bond donors (Lipinski definition) is 2. The molecule has 3 N–H and O–H groups in total. The first-order valence-electron chi connectivity index (χ1n) is 6.44. The van der Waals surface area contributed by atoms with Gasteiger partial charge in [-0.05, 0) is 65.2 Å². The van der Waals surface area contributed by atoms with E-state index in [2.05, 4.69) is 20.7 Å². The zero-order valence-electron chi connectivity index (χ0n) is 11.8. The van der Waals surface area contributed by atoms with E-state index < -0.39 is 10.0 Å². The molecule has 0 aliphatic heterocycles. The van der Waals surface area contributed by atoms with Gasteiger partial charge in [0.05, 0.1) is 10.6 Å². The monoisotopic (exact) mass is 368 g/mol. The van der Waals surface area contributed by atoms with E-state index in [-0.39, 0.29) is 10.9 Å². The maximum Gasteiger partial charge on any atom is 0.261 e. The molecule has 0 heterocycles. The minimum absolute atomic E-state index is 0.124. The molecule has 0 radical (unpaired) electrons. The fourth-order valence-corrected chi connectivity index (χ4v) is 3.42. The summed E-state index contributed by atoms with van der Waals surface area (Å²) in [6.45, 7) is 3.76. The summed E-state index contributed by atoms with van der Waals surface area (Å²) in [7, 11) is -3.62. The van der Waals surface area contributed by atoms with Gasteiger partial charge in [0.2, 0.25) is 0 Å². The third-order valence-electron chi connectivity index (χ3n) is 3.08. The number of benzene rings is 2. The minimum Gasteiger partial charge on any atom is -0.324 e. The molecule has 0 bridgehead atoms. The molecule has 0 spiro atoms. The van der Waals surface area contributed by atoms with Crippen LogP contribution in [0.15, 0.2) is 51.8 Å². The molecular weight excluding hydrogens is 352 g/mol. The van der Waals surface area contributed by atoms with Gasteiger partial charge in [-0.1, -0.05) is 18.2 Å². The van der Waals surface area contributed by atoms with Crippen LogP contribution < -0.4 is 10.5 Å². The van der Waals surface area contributed by atoms with Gasteiger partial charge >= 0.3 is 0 Å². The van der Waals surface area contributed by atoms with E-state index in [1.54, 1.807) is 30.3 Å². The summed E-state index contributed by atoms with van der Waals surface area (Å²) in [4.78, 5) is 0.209. The molecule has 2 aromatic carbocycles. The van der Waals surface area contributed by atoms with Gasteiger partial charge in [-0.3, -0.25) is 4.72 Å². The van der Waals surface area contributed by atoms with Crippen molar-refractivity contribution < 1.29 is 8.42 Å². The zero-order valence-corrected chi connectivity index (χ0v) is 14.2. The van der Waals surface area contributed by atoms with E-state index >= 15 is 0 Å². The molecule has 4 nitrogen and oxygen atoms in total. The van der Waals surface area contributed by atoms with E-state index in [1.807, 2.05) is 26.0 Å². The summed E-state index contributed by atoms with van der Waals surface area (Å²) in [6, 6.07) is 11.9. The molecule has 2 aromatic rings. The third kappa shape index (κ3) is 3.84. The van der Waals surface area contributed by atoms with Gasteiger partial charge in [-0.15, -0.1) is 0 Å². The SMILES string of the molecule is Cc1ccc(Br)c(NS(=O)(=O)c2ccc(C(C)N)cc2)c1. The summed E-state index contributed by atoms with van der Waals surface area (Å²) in [5.41, 5.74) is 8.15. The van der Waals surface area contributed by atoms with E-state index in [9.17, 15) is 8.42 Å². The highest BCUT2D eigenvalue weighted by atomic mass is 79.9. The second kappa shape index (κ2) is 6.17. The molecular formula is C15H17BrN2O2S. The lowest BCUT2D eigenvalue weighted by Gasteiger charge is -2.12. The lowest BCUT2D eigenvalue weighted by atomic mass is 10.1. The van der Waals surface area contributed by atoms with Crippen molar-refractivity contribution in [2.45, 2.75) is 24.8 Å². The van der Waals surface area contributed by atoms with Crippen LogP contribution in [0.5, 0.6) is 0 Å². The highest BCUT2D eigenvalue weighted by Crippen LogP contribution is 2.26. The molecule has 0 saturated heterocycles. The summed E-state index contributed by atoms with van der Waals surface area (Å²) in [5.74, 6) is 0. The molecule has 0 aromatic heterocycles. The number of anilines is 1. The average molecular weight is 369 g/mol. The first-order valence-corrected chi connectivity index (χ1v) is 8.72. The van der Waals surface area contributed by atoms with Crippen molar-refractivity contribution in [3.05, 3.63) is 58.1 Å². The van der Waals surface area contributed by atoms with Gasteiger partial charge in [0.15, 0.2) is 0 Å². The molecule has 0 saturated carbocycles. The van der Waals surface area contributed by atoms with E-state index in [4.69, 9.17) is 5.73 Å². The number of rotatable bonds is 4. The van der Waals surface area contributed by atoms with Gasteiger partial charge in [0.1, 0.15) is 0 Å². The maximum atomic E-state index is 12.4. The van der Waals surface area contributed by atoms with Gasteiger partial charge in [0.25, 0.3) is 10.0 Å². The van der Waals surface area contributed by atoms with Crippen molar-refractivity contribution >= 4 is 31.6 Å². The smallest absolute Gasteiger partial charge is 0.261 e. The third-order valence-corrected chi connectivity index (χ3v) is 5.16. The first-order chi connectivity index (χ1) is 9.79. The summed E-state index contributed by atoms with van der Waals surface area (Å²) in [6.07, 6.45) is 0. The lowest BCUT2D eigenvalue weighted by molar-refractivity contribution is 0.601. The molecule has 1 atom stereocenters. The molecule has 112 valence electrons. The number of nitrogens with two attached hydrogens (primary N) is 1. The topological polar surface area (TPSA) is 72.2 Å². The van der Waals surface area contributed by atoms with Crippen molar-refractivity contribution in [1.82, 2.24) is 0 Å². The van der Waals surface area contributed by atoms with Gasteiger partial charge in [-0.25, -0.2) is 8.42 Å².